The summed E-state index contributed by atoms with van der Waals surface area (Å²) in [5.74, 6) is 1.62. The van der Waals surface area contributed by atoms with E-state index in [2.05, 4.69) is 30.3 Å². The number of oxazole rings is 1. The molecule has 0 saturated heterocycles. The van der Waals surface area contributed by atoms with Crippen LogP contribution in [0, 0.1) is 20.8 Å². The van der Waals surface area contributed by atoms with Gasteiger partial charge in [0.05, 0.1) is 4.90 Å². The van der Waals surface area contributed by atoms with Gasteiger partial charge in [0.15, 0.2) is 5.89 Å². The molecule has 9 nitrogen and oxygen atoms in total. The number of nitrogens with zero attached hydrogens (tertiary/aromatic N) is 3. The smallest absolute Gasteiger partial charge is 0.240 e. The van der Waals surface area contributed by atoms with Gasteiger partial charge in [0.25, 0.3) is 0 Å². The summed E-state index contributed by atoms with van der Waals surface area (Å²) in [6.45, 7) is 6.15. The number of aromatic nitrogens is 3. The van der Waals surface area contributed by atoms with Crippen LogP contribution in [0.5, 0.6) is 0 Å². The molecule has 4 aromatic rings. The fourth-order valence-electron chi connectivity index (χ4n) is 3.24. The molecule has 0 atom stereocenters. The molecule has 2 aromatic carbocycles. The minimum absolute atomic E-state index is 0.171. The molecule has 2 heterocycles. The second-order valence-corrected chi connectivity index (χ2v) is 9.58. The van der Waals surface area contributed by atoms with Crippen molar-refractivity contribution in [3.63, 3.8) is 0 Å². The SMILES string of the molecule is Cc1ccc(Nc2cc(C)nc(NCCNS(=O)(=O)c3ccc(-c4coc(C)n4)cc3)n2)cc1. The normalized spacial score (nSPS) is 11.4. The number of hydrogen-bond acceptors (Lipinski definition) is 8. The summed E-state index contributed by atoms with van der Waals surface area (Å²) in [5.41, 5.74) is 4.33. The quantitative estimate of drug-likeness (QED) is 0.306. The van der Waals surface area contributed by atoms with Crippen molar-refractivity contribution in [1.82, 2.24) is 19.7 Å². The Labute approximate surface area is 198 Å². The zero-order valence-electron chi connectivity index (χ0n) is 19.2. The molecule has 0 saturated carbocycles. The summed E-state index contributed by atoms with van der Waals surface area (Å²) in [6, 6.07) is 16.3. The first-order chi connectivity index (χ1) is 16.3. The van der Waals surface area contributed by atoms with E-state index in [4.69, 9.17) is 4.42 Å². The van der Waals surface area contributed by atoms with Crippen molar-refractivity contribution in [2.75, 3.05) is 23.7 Å². The lowest BCUT2D eigenvalue weighted by Gasteiger charge is -2.11. The van der Waals surface area contributed by atoms with Crippen LogP contribution in [0.2, 0.25) is 0 Å². The van der Waals surface area contributed by atoms with Gasteiger partial charge in [0.1, 0.15) is 17.8 Å². The standard InChI is InChI=1S/C24H26N6O3S/c1-16-4-8-20(9-5-16)29-23-14-17(2)27-24(30-23)25-12-13-26-34(31,32)21-10-6-19(7-11-21)22-15-33-18(3)28-22/h4-11,14-15,26H,12-13H2,1-3H3,(H2,25,27,29,30). The minimum atomic E-state index is -3.66. The molecule has 0 fully saturated rings. The van der Waals surface area contributed by atoms with Gasteiger partial charge in [-0.3, -0.25) is 0 Å². The van der Waals surface area contributed by atoms with Gasteiger partial charge in [0, 0.05) is 43.0 Å². The van der Waals surface area contributed by atoms with E-state index in [1.165, 1.54) is 11.8 Å². The number of aryl methyl sites for hydroxylation is 3. The van der Waals surface area contributed by atoms with E-state index in [-0.39, 0.29) is 11.4 Å². The van der Waals surface area contributed by atoms with Gasteiger partial charge < -0.3 is 15.1 Å². The fourth-order valence-corrected chi connectivity index (χ4v) is 4.27. The predicted molar refractivity (Wildman–Crippen MR) is 132 cm³/mol. The Bertz CT molecular complexity index is 1370. The van der Waals surface area contributed by atoms with Crippen LogP contribution in [-0.2, 0) is 10.0 Å². The summed E-state index contributed by atoms with van der Waals surface area (Å²) < 4.78 is 33.0. The molecule has 0 aliphatic rings. The molecule has 3 N–H and O–H groups in total. The maximum Gasteiger partial charge on any atom is 0.240 e. The molecule has 176 valence electrons. The third-order valence-electron chi connectivity index (χ3n) is 4.96. The molecule has 0 aliphatic heterocycles. The number of hydrogen-bond donors (Lipinski definition) is 3. The van der Waals surface area contributed by atoms with Crippen LogP contribution in [0.25, 0.3) is 11.3 Å². The molecule has 0 spiro atoms. The summed E-state index contributed by atoms with van der Waals surface area (Å²) in [7, 11) is -3.66. The lowest BCUT2D eigenvalue weighted by atomic mass is 10.2. The van der Waals surface area contributed by atoms with Crippen molar-refractivity contribution >= 4 is 27.5 Å². The highest BCUT2D eigenvalue weighted by Crippen LogP contribution is 2.21. The molecule has 0 unspecified atom stereocenters. The van der Waals surface area contributed by atoms with Crippen LogP contribution in [0.3, 0.4) is 0 Å². The van der Waals surface area contributed by atoms with Crippen molar-refractivity contribution < 1.29 is 12.8 Å². The molecule has 0 aliphatic carbocycles. The molecule has 34 heavy (non-hydrogen) atoms. The fraction of sp³-hybridized carbons (Fsp3) is 0.208. The van der Waals surface area contributed by atoms with Crippen LogP contribution < -0.4 is 15.4 Å². The second kappa shape index (κ2) is 10.0. The van der Waals surface area contributed by atoms with Crippen LogP contribution in [0.15, 0.2) is 70.2 Å². The summed E-state index contributed by atoms with van der Waals surface area (Å²) in [5, 5.41) is 6.32. The monoisotopic (exact) mass is 478 g/mol. The molecule has 10 heteroatoms. The van der Waals surface area contributed by atoms with E-state index in [9.17, 15) is 8.42 Å². The third-order valence-corrected chi connectivity index (χ3v) is 6.43. The maximum absolute atomic E-state index is 12.6. The highest BCUT2D eigenvalue weighted by atomic mass is 32.2. The van der Waals surface area contributed by atoms with Crippen molar-refractivity contribution in [2.45, 2.75) is 25.7 Å². The van der Waals surface area contributed by atoms with Crippen LogP contribution in [0.1, 0.15) is 17.1 Å². The van der Waals surface area contributed by atoms with Crippen molar-refractivity contribution in [3.8, 4) is 11.3 Å². The van der Waals surface area contributed by atoms with E-state index >= 15 is 0 Å². The van der Waals surface area contributed by atoms with Gasteiger partial charge in [-0.25, -0.2) is 23.1 Å². The van der Waals surface area contributed by atoms with Crippen LogP contribution in [0.4, 0.5) is 17.5 Å². The van der Waals surface area contributed by atoms with Gasteiger partial charge >= 0.3 is 0 Å². The van der Waals surface area contributed by atoms with E-state index in [0.29, 0.717) is 29.9 Å². The first-order valence-electron chi connectivity index (χ1n) is 10.7. The van der Waals surface area contributed by atoms with E-state index in [1.807, 2.05) is 44.2 Å². The first-order valence-corrected chi connectivity index (χ1v) is 12.2. The Kier molecular flexibility index (Phi) is 6.90. The van der Waals surface area contributed by atoms with Crippen molar-refractivity contribution in [1.29, 1.82) is 0 Å². The largest absolute Gasteiger partial charge is 0.449 e. The molecular weight excluding hydrogens is 452 g/mol. The molecule has 4 rings (SSSR count). The lowest BCUT2D eigenvalue weighted by Crippen LogP contribution is -2.29. The predicted octanol–water partition coefficient (Wildman–Crippen LogP) is 4.19. The molecule has 2 aromatic heterocycles. The highest BCUT2D eigenvalue weighted by Gasteiger charge is 2.14. The minimum Gasteiger partial charge on any atom is -0.449 e. The average molecular weight is 479 g/mol. The maximum atomic E-state index is 12.6. The number of rotatable bonds is 9. The summed E-state index contributed by atoms with van der Waals surface area (Å²) >= 11 is 0. The summed E-state index contributed by atoms with van der Waals surface area (Å²) in [6.07, 6.45) is 1.54. The zero-order valence-corrected chi connectivity index (χ0v) is 20.0. The Balaban J connectivity index is 1.32. The second-order valence-electron chi connectivity index (χ2n) is 7.81. The Morgan fingerprint density at radius 1 is 0.882 bits per heavy atom. The topological polar surface area (TPSA) is 122 Å². The number of nitrogens with one attached hydrogen (secondary N) is 3. The Morgan fingerprint density at radius 3 is 2.29 bits per heavy atom. The van der Waals surface area contributed by atoms with E-state index < -0.39 is 10.0 Å². The molecule has 0 radical (unpaired) electrons. The number of sulfonamides is 1. The number of anilines is 3. The van der Waals surface area contributed by atoms with Gasteiger partial charge in [-0.15, -0.1) is 0 Å². The third kappa shape index (κ3) is 5.97. The molecular formula is C24H26N6O3S. The average Bonchev–Trinajstić information content (AvgIpc) is 3.24. The van der Waals surface area contributed by atoms with Gasteiger partial charge in [0.2, 0.25) is 16.0 Å². The molecule has 0 bridgehead atoms. The van der Waals surface area contributed by atoms with Crippen molar-refractivity contribution in [2.24, 2.45) is 0 Å². The van der Waals surface area contributed by atoms with Gasteiger partial charge in [-0.05, 0) is 38.1 Å². The number of benzene rings is 2. The Hall–Kier alpha value is -3.76. The van der Waals surface area contributed by atoms with E-state index in [1.54, 1.807) is 31.2 Å². The lowest BCUT2D eigenvalue weighted by molar-refractivity contribution is 0.521. The molecule has 0 amide bonds. The first kappa shape index (κ1) is 23.4. The van der Waals surface area contributed by atoms with Gasteiger partial charge in [-0.2, -0.15) is 4.98 Å². The van der Waals surface area contributed by atoms with E-state index in [0.717, 1.165) is 16.9 Å². The van der Waals surface area contributed by atoms with Crippen molar-refractivity contribution in [3.05, 3.63) is 78.0 Å². The highest BCUT2D eigenvalue weighted by molar-refractivity contribution is 7.89. The zero-order chi connectivity index (χ0) is 24.1. The summed E-state index contributed by atoms with van der Waals surface area (Å²) in [4.78, 5) is 13.2. The van der Waals surface area contributed by atoms with Crippen LogP contribution >= 0.6 is 0 Å². The van der Waals surface area contributed by atoms with Gasteiger partial charge in [-0.1, -0.05) is 29.8 Å². The van der Waals surface area contributed by atoms with Crippen LogP contribution in [-0.4, -0.2) is 36.5 Å². The Morgan fingerprint density at radius 2 is 1.62 bits per heavy atom.